The highest BCUT2D eigenvalue weighted by Crippen LogP contribution is 2.34. The predicted octanol–water partition coefficient (Wildman–Crippen LogP) is 2.13. The summed E-state index contributed by atoms with van der Waals surface area (Å²) in [7, 11) is 0. The quantitative estimate of drug-likeness (QED) is 0.761. The largest absolute Gasteiger partial charge is 0.397 e. The lowest BCUT2D eigenvalue weighted by molar-refractivity contribution is 0.102. The number of rotatable bonds is 2. The molecule has 1 aliphatic heterocycles. The highest BCUT2D eigenvalue weighted by atomic mass is 32.1. The molecule has 1 aliphatic rings. The highest BCUT2D eigenvalue weighted by Gasteiger charge is 2.17. The number of carbonyl (C=O) groups is 1. The van der Waals surface area contributed by atoms with Gasteiger partial charge in [0.25, 0.3) is 0 Å². The van der Waals surface area contributed by atoms with Crippen LogP contribution in [-0.2, 0) is 0 Å². The van der Waals surface area contributed by atoms with E-state index in [1.807, 2.05) is 6.07 Å². The summed E-state index contributed by atoms with van der Waals surface area (Å²) < 4.78 is 0. The molecular formula is C10H14N2OS. The first-order valence-electron chi connectivity index (χ1n) is 4.83. The zero-order valence-corrected chi connectivity index (χ0v) is 9.06. The smallest absolute Gasteiger partial charge is 0.171 e. The topological polar surface area (TPSA) is 46.3 Å². The molecule has 0 aliphatic carbocycles. The Bertz CT molecular complexity index is 353. The van der Waals surface area contributed by atoms with E-state index in [4.69, 9.17) is 5.73 Å². The number of Topliss-reactive ketones (excluding diaryl/α,β-unsaturated/α-hetero) is 1. The fraction of sp³-hybridized carbons (Fsp3) is 0.500. The summed E-state index contributed by atoms with van der Waals surface area (Å²) in [6.45, 7) is 3.75. The van der Waals surface area contributed by atoms with Crippen LogP contribution in [0.3, 0.4) is 0 Å². The van der Waals surface area contributed by atoms with Gasteiger partial charge in [0.05, 0.1) is 15.6 Å². The third-order valence-electron chi connectivity index (χ3n) is 2.49. The molecule has 1 aromatic rings. The monoisotopic (exact) mass is 210 g/mol. The summed E-state index contributed by atoms with van der Waals surface area (Å²) >= 11 is 1.52. The van der Waals surface area contributed by atoms with Crippen LogP contribution in [0.4, 0.5) is 10.7 Å². The second-order valence-corrected chi connectivity index (χ2v) is 4.65. The van der Waals surface area contributed by atoms with Gasteiger partial charge in [0.2, 0.25) is 0 Å². The third kappa shape index (κ3) is 1.62. The van der Waals surface area contributed by atoms with E-state index in [0.717, 1.165) is 18.1 Å². The first kappa shape index (κ1) is 9.52. The molecule has 2 heterocycles. The van der Waals surface area contributed by atoms with Crippen molar-refractivity contribution in [3.63, 3.8) is 0 Å². The van der Waals surface area contributed by atoms with Crippen molar-refractivity contribution in [3.8, 4) is 0 Å². The lowest BCUT2D eigenvalue weighted by atomic mass is 10.3. The molecule has 0 aromatic carbocycles. The van der Waals surface area contributed by atoms with Crippen molar-refractivity contribution < 1.29 is 4.79 Å². The fourth-order valence-electron chi connectivity index (χ4n) is 1.76. The van der Waals surface area contributed by atoms with Gasteiger partial charge in [0.1, 0.15) is 0 Å². The van der Waals surface area contributed by atoms with Crippen LogP contribution < -0.4 is 10.6 Å². The maximum Gasteiger partial charge on any atom is 0.171 e. The fourth-order valence-corrected chi connectivity index (χ4v) is 2.79. The van der Waals surface area contributed by atoms with Crippen LogP contribution in [0.5, 0.6) is 0 Å². The molecule has 76 valence electrons. The maximum atomic E-state index is 11.2. The number of carbonyl (C=O) groups excluding carboxylic acids is 1. The van der Waals surface area contributed by atoms with Crippen molar-refractivity contribution in [2.75, 3.05) is 23.7 Å². The highest BCUT2D eigenvalue weighted by molar-refractivity contribution is 7.18. The Morgan fingerprint density at radius 1 is 1.50 bits per heavy atom. The van der Waals surface area contributed by atoms with E-state index in [-0.39, 0.29) is 5.78 Å². The Balaban J connectivity index is 2.27. The van der Waals surface area contributed by atoms with Crippen molar-refractivity contribution in [3.05, 3.63) is 10.9 Å². The number of nitrogens with zero attached hydrogens (tertiary/aromatic N) is 1. The average molecular weight is 210 g/mol. The Kier molecular flexibility index (Phi) is 2.46. The zero-order chi connectivity index (χ0) is 10.1. The van der Waals surface area contributed by atoms with E-state index in [9.17, 15) is 4.79 Å². The number of ketones is 1. The van der Waals surface area contributed by atoms with Gasteiger partial charge in [0, 0.05) is 20.0 Å². The van der Waals surface area contributed by atoms with Gasteiger partial charge >= 0.3 is 0 Å². The molecule has 0 spiro atoms. The predicted molar refractivity (Wildman–Crippen MR) is 60.2 cm³/mol. The minimum atomic E-state index is 0.0675. The molecule has 0 radical (unpaired) electrons. The van der Waals surface area contributed by atoms with Crippen LogP contribution in [0.25, 0.3) is 0 Å². The Morgan fingerprint density at radius 3 is 2.64 bits per heavy atom. The summed E-state index contributed by atoms with van der Waals surface area (Å²) in [6, 6.07) is 1.92. The number of anilines is 2. The van der Waals surface area contributed by atoms with Crippen LogP contribution >= 0.6 is 11.3 Å². The van der Waals surface area contributed by atoms with Crippen molar-refractivity contribution in [1.82, 2.24) is 0 Å². The molecule has 0 atom stereocenters. The standard InChI is InChI=1S/C10H14N2OS/c1-7(13)10-8(11)6-9(14-10)12-4-2-3-5-12/h6H,2-5,11H2,1H3. The Morgan fingerprint density at radius 2 is 2.14 bits per heavy atom. The minimum Gasteiger partial charge on any atom is -0.397 e. The molecule has 0 amide bonds. The molecule has 3 nitrogen and oxygen atoms in total. The minimum absolute atomic E-state index is 0.0675. The normalized spacial score (nSPS) is 16.2. The van der Waals surface area contributed by atoms with Gasteiger partial charge in [-0.25, -0.2) is 0 Å². The number of hydrogen-bond donors (Lipinski definition) is 1. The Hall–Kier alpha value is -1.03. The number of nitrogens with two attached hydrogens (primary N) is 1. The van der Waals surface area contributed by atoms with Crippen LogP contribution in [0.2, 0.25) is 0 Å². The van der Waals surface area contributed by atoms with Crippen molar-refractivity contribution in [2.24, 2.45) is 0 Å². The lowest BCUT2D eigenvalue weighted by Crippen LogP contribution is -2.15. The van der Waals surface area contributed by atoms with Gasteiger partial charge in [-0.2, -0.15) is 0 Å². The van der Waals surface area contributed by atoms with Crippen molar-refractivity contribution >= 4 is 27.8 Å². The van der Waals surface area contributed by atoms with E-state index in [0.29, 0.717) is 10.6 Å². The van der Waals surface area contributed by atoms with E-state index < -0.39 is 0 Å². The van der Waals surface area contributed by atoms with E-state index in [1.54, 1.807) is 6.92 Å². The molecule has 1 saturated heterocycles. The van der Waals surface area contributed by atoms with Crippen LogP contribution in [0.15, 0.2) is 6.07 Å². The van der Waals surface area contributed by atoms with Gasteiger partial charge in [-0.15, -0.1) is 11.3 Å². The number of nitrogen functional groups attached to an aromatic ring is 1. The zero-order valence-electron chi connectivity index (χ0n) is 8.25. The summed E-state index contributed by atoms with van der Waals surface area (Å²) in [5, 5.41) is 1.14. The SMILES string of the molecule is CC(=O)c1sc(N2CCCC2)cc1N. The van der Waals surface area contributed by atoms with Crippen LogP contribution in [0.1, 0.15) is 29.4 Å². The number of hydrogen-bond acceptors (Lipinski definition) is 4. The van der Waals surface area contributed by atoms with Crippen molar-refractivity contribution in [2.45, 2.75) is 19.8 Å². The first-order chi connectivity index (χ1) is 6.68. The van der Waals surface area contributed by atoms with E-state index in [2.05, 4.69) is 4.90 Å². The van der Waals surface area contributed by atoms with Gasteiger partial charge in [-0.3, -0.25) is 4.79 Å². The molecule has 4 heteroatoms. The second kappa shape index (κ2) is 3.61. The second-order valence-electron chi connectivity index (χ2n) is 3.62. The molecule has 1 fully saturated rings. The van der Waals surface area contributed by atoms with Gasteiger partial charge in [-0.05, 0) is 18.9 Å². The summed E-state index contributed by atoms with van der Waals surface area (Å²) in [5.74, 6) is 0.0675. The van der Waals surface area contributed by atoms with Gasteiger partial charge in [-0.1, -0.05) is 0 Å². The average Bonchev–Trinajstić information content (AvgIpc) is 2.70. The maximum absolute atomic E-state index is 11.2. The summed E-state index contributed by atoms with van der Waals surface area (Å²) in [5.41, 5.74) is 6.40. The van der Waals surface area contributed by atoms with E-state index >= 15 is 0 Å². The molecule has 2 rings (SSSR count). The molecule has 2 N–H and O–H groups in total. The summed E-state index contributed by atoms with van der Waals surface area (Å²) in [6.07, 6.45) is 2.49. The van der Waals surface area contributed by atoms with Gasteiger partial charge in [0.15, 0.2) is 5.78 Å². The lowest BCUT2D eigenvalue weighted by Gasteiger charge is -2.13. The van der Waals surface area contributed by atoms with Crippen LogP contribution in [-0.4, -0.2) is 18.9 Å². The molecule has 14 heavy (non-hydrogen) atoms. The Labute approximate surface area is 87.5 Å². The van der Waals surface area contributed by atoms with Gasteiger partial charge < -0.3 is 10.6 Å². The summed E-state index contributed by atoms with van der Waals surface area (Å²) in [4.78, 5) is 14.2. The molecular weight excluding hydrogens is 196 g/mol. The molecule has 0 unspecified atom stereocenters. The molecule has 0 bridgehead atoms. The molecule has 0 saturated carbocycles. The first-order valence-corrected chi connectivity index (χ1v) is 5.65. The molecule has 1 aromatic heterocycles. The van der Waals surface area contributed by atoms with Crippen molar-refractivity contribution in [1.29, 1.82) is 0 Å². The van der Waals surface area contributed by atoms with Crippen LogP contribution in [0, 0.1) is 0 Å². The number of thiophene rings is 1. The third-order valence-corrected chi connectivity index (χ3v) is 3.80. The van der Waals surface area contributed by atoms with E-state index in [1.165, 1.54) is 24.2 Å².